The molecule has 1 aliphatic carbocycles. The number of halogens is 3. The maximum Gasteiger partial charge on any atom is 0.416 e. The Morgan fingerprint density at radius 3 is 2.50 bits per heavy atom. The second-order valence-corrected chi connectivity index (χ2v) is 5.83. The molecule has 0 bridgehead atoms. The topological polar surface area (TPSA) is 29.3 Å². The average Bonchev–Trinajstić information content (AvgIpc) is 2.38. The summed E-state index contributed by atoms with van der Waals surface area (Å²) in [5, 5.41) is 0. The van der Waals surface area contributed by atoms with Crippen LogP contribution >= 0.6 is 0 Å². The van der Waals surface area contributed by atoms with Gasteiger partial charge in [-0.25, -0.2) is 0 Å². The third kappa shape index (κ3) is 3.33. The van der Waals surface area contributed by atoms with Crippen molar-refractivity contribution in [1.82, 2.24) is 4.90 Å². The van der Waals surface area contributed by atoms with E-state index in [-0.39, 0.29) is 18.0 Å². The van der Waals surface area contributed by atoms with Crippen LogP contribution in [0.4, 0.5) is 13.2 Å². The molecule has 0 radical (unpaired) electrons. The molecule has 3 atom stereocenters. The van der Waals surface area contributed by atoms with Crippen molar-refractivity contribution in [2.24, 2.45) is 5.73 Å². The third-order valence-electron chi connectivity index (χ3n) is 4.22. The van der Waals surface area contributed by atoms with Gasteiger partial charge in [0.15, 0.2) is 0 Å². The highest BCUT2D eigenvalue weighted by Crippen LogP contribution is 2.37. The number of hydrogen-bond acceptors (Lipinski definition) is 2. The Bertz CT molecular complexity index is 457. The van der Waals surface area contributed by atoms with E-state index in [1.165, 1.54) is 12.1 Å². The van der Waals surface area contributed by atoms with Crippen LogP contribution < -0.4 is 5.73 Å². The van der Waals surface area contributed by atoms with Crippen molar-refractivity contribution in [2.45, 2.75) is 43.4 Å². The fourth-order valence-electron chi connectivity index (χ4n) is 3.04. The molecule has 1 aromatic rings. The van der Waals surface area contributed by atoms with Crippen molar-refractivity contribution in [3.63, 3.8) is 0 Å². The highest BCUT2D eigenvalue weighted by Gasteiger charge is 2.33. The van der Waals surface area contributed by atoms with Crippen molar-refractivity contribution >= 4 is 0 Å². The van der Waals surface area contributed by atoms with E-state index >= 15 is 0 Å². The smallest absolute Gasteiger partial charge is 0.326 e. The van der Waals surface area contributed by atoms with Gasteiger partial charge in [0.2, 0.25) is 0 Å². The third-order valence-corrected chi connectivity index (χ3v) is 4.22. The van der Waals surface area contributed by atoms with Gasteiger partial charge in [-0.2, -0.15) is 13.2 Å². The highest BCUT2D eigenvalue weighted by atomic mass is 19.4. The van der Waals surface area contributed by atoms with Gasteiger partial charge in [0.05, 0.1) is 5.56 Å². The van der Waals surface area contributed by atoms with E-state index in [2.05, 4.69) is 4.90 Å². The Kier molecular flexibility index (Phi) is 4.39. The van der Waals surface area contributed by atoms with E-state index in [1.807, 2.05) is 14.1 Å². The minimum absolute atomic E-state index is 0.104. The van der Waals surface area contributed by atoms with Crippen LogP contribution in [-0.2, 0) is 6.18 Å². The Morgan fingerprint density at radius 1 is 1.20 bits per heavy atom. The van der Waals surface area contributed by atoms with E-state index in [9.17, 15) is 13.2 Å². The molecule has 0 heterocycles. The van der Waals surface area contributed by atoms with Crippen LogP contribution in [0.3, 0.4) is 0 Å². The van der Waals surface area contributed by atoms with Gasteiger partial charge in [-0.05, 0) is 50.9 Å². The molecule has 20 heavy (non-hydrogen) atoms. The molecule has 0 aliphatic heterocycles. The summed E-state index contributed by atoms with van der Waals surface area (Å²) in [6, 6.07) is 6.03. The first-order valence-electron chi connectivity index (χ1n) is 6.88. The van der Waals surface area contributed by atoms with Crippen LogP contribution in [0.5, 0.6) is 0 Å². The first-order valence-corrected chi connectivity index (χ1v) is 6.88. The molecule has 1 fully saturated rings. The second kappa shape index (κ2) is 5.74. The Hall–Kier alpha value is -1.07. The molecule has 0 amide bonds. The molecular weight excluding hydrogens is 265 g/mol. The van der Waals surface area contributed by atoms with Gasteiger partial charge in [0.25, 0.3) is 0 Å². The second-order valence-electron chi connectivity index (χ2n) is 5.83. The lowest BCUT2D eigenvalue weighted by atomic mass is 9.78. The summed E-state index contributed by atoms with van der Waals surface area (Å²) in [6.45, 7) is 0. The first-order chi connectivity index (χ1) is 9.29. The molecule has 0 saturated heterocycles. The summed E-state index contributed by atoms with van der Waals surface area (Å²) < 4.78 is 38.3. The summed E-state index contributed by atoms with van der Waals surface area (Å²) in [6.07, 6.45) is -1.76. The molecular formula is C15H21F3N2. The van der Waals surface area contributed by atoms with E-state index < -0.39 is 11.7 Å². The maximum absolute atomic E-state index is 12.8. The normalized spacial score (nSPS) is 27.9. The number of benzene rings is 1. The Labute approximate surface area is 117 Å². The van der Waals surface area contributed by atoms with Crippen molar-refractivity contribution in [2.75, 3.05) is 14.1 Å². The Morgan fingerprint density at radius 2 is 1.90 bits per heavy atom. The summed E-state index contributed by atoms with van der Waals surface area (Å²) >= 11 is 0. The zero-order valence-corrected chi connectivity index (χ0v) is 11.8. The quantitative estimate of drug-likeness (QED) is 0.904. The van der Waals surface area contributed by atoms with E-state index in [0.717, 1.165) is 30.9 Å². The summed E-state index contributed by atoms with van der Waals surface area (Å²) in [4.78, 5) is 2.07. The zero-order valence-electron chi connectivity index (χ0n) is 11.8. The van der Waals surface area contributed by atoms with Gasteiger partial charge >= 0.3 is 6.18 Å². The van der Waals surface area contributed by atoms with E-state index in [4.69, 9.17) is 5.73 Å². The SMILES string of the molecule is CN(C)[C@H]1C[C@@H](c2cccc(C(F)(F)F)c2)CC[C@@H]1N. The van der Waals surface area contributed by atoms with Gasteiger partial charge in [0, 0.05) is 12.1 Å². The predicted molar refractivity (Wildman–Crippen MR) is 73.5 cm³/mol. The number of nitrogens with two attached hydrogens (primary N) is 1. The van der Waals surface area contributed by atoms with E-state index in [0.29, 0.717) is 0 Å². The van der Waals surface area contributed by atoms with Crippen LogP contribution in [0.25, 0.3) is 0 Å². The molecule has 2 N–H and O–H groups in total. The number of likely N-dealkylation sites (N-methyl/N-ethyl adjacent to an activating group) is 1. The van der Waals surface area contributed by atoms with Gasteiger partial charge in [-0.1, -0.05) is 18.2 Å². The molecule has 2 nitrogen and oxygen atoms in total. The van der Waals surface area contributed by atoms with Crippen molar-refractivity contribution < 1.29 is 13.2 Å². The standard InChI is InChI=1S/C15H21F3N2/c1-20(2)14-9-11(6-7-13(14)19)10-4-3-5-12(8-10)15(16,17)18/h3-5,8,11,13-14H,6-7,9,19H2,1-2H3/t11-,13-,14-/m0/s1. The van der Waals surface area contributed by atoms with Crippen LogP contribution in [0.1, 0.15) is 36.3 Å². The lowest BCUT2D eigenvalue weighted by molar-refractivity contribution is -0.137. The minimum Gasteiger partial charge on any atom is -0.326 e. The van der Waals surface area contributed by atoms with Crippen molar-refractivity contribution in [1.29, 1.82) is 0 Å². The van der Waals surface area contributed by atoms with E-state index in [1.54, 1.807) is 6.07 Å². The van der Waals surface area contributed by atoms with Crippen LogP contribution in [-0.4, -0.2) is 31.1 Å². The molecule has 2 rings (SSSR count). The summed E-state index contributed by atoms with van der Waals surface area (Å²) in [5.74, 6) is 0.157. The number of alkyl halides is 3. The summed E-state index contributed by atoms with van der Waals surface area (Å²) in [5.41, 5.74) is 6.31. The van der Waals surface area contributed by atoms with Gasteiger partial charge in [-0.3, -0.25) is 0 Å². The highest BCUT2D eigenvalue weighted by molar-refractivity contribution is 5.29. The molecule has 1 aliphatic rings. The summed E-state index contributed by atoms with van der Waals surface area (Å²) in [7, 11) is 3.94. The Balaban J connectivity index is 2.20. The minimum atomic E-state index is -4.28. The lowest BCUT2D eigenvalue weighted by Crippen LogP contribution is -2.47. The fourth-order valence-corrected chi connectivity index (χ4v) is 3.04. The predicted octanol–water partition coefficient (Wildman–Crippen LogP) is 3.23. The molecule has 5 heteroatoms. The molecule has 0 unspecified atom stereocenters. The van der Waals surface area contributed by atoms with Crippen LogP contribution in [0, 0.1) is 0 Å². The number of hydrogen-bond donors (Lipinski definition) is 1. The van der Waals surface area contributed by atoms with Crippen LogP contribution in [0.15, 0.2) is 24.3 Å². The van der Waals surface area contributed by atoms with Crippen LogP contribution in [0.2, 0.25) is 0 Å². The molecule has 112 valence electrons. The zero-order chi connectivity index (χ0) is 14.9. The monoisotopic (exact) mass is 286 g/mol. The van der Waals surface area contributed by atoms with Gasteiger partial charge < -0.3 is 10.6 Å². The van der Waals surface area contributed by atoms with Crippen molar-refractivity contribution in [3.8, 4) is 0 Å². The lowest BCUT2D eigenvalue weighted by Gasteiger charge is -2.38. The van der Waals surface area contributed by atoms with Crippen molar-refractivity contribution in [3.05, 3.63) is 35.4 Å². The largest absolute Gasteiger partial charge is 0.416 e. The van der Waals surface area contributed by atoms with Gasteiger partial charge in [-0.15, -0.1) is 0 Å². The molecule has 1 aromatic carbocycles. The molecule has 1 saturated carbocycles. The van der Waals surface area contributed by atoms with Gasteiger partial charge in [0.1, 0.15) is 0 Å². The average molecular weight is 286 g/mol. The molecule has 0 aromatic heterocycles. The maximum atomic E-state index is 12.8. The number of rotatable bonds is 2. The fraction of sp³-hybridized carbons (Fsp3) is 0.600. The number of nitrogens with zero attached hydrogens (tertiary/aromatic N) is 1. The molecule has 0 spiro atoms. The first kappa shape index (κ1) is 15.3.